The van der Waals surface area contributed by atoms with Crippen LogP contribution in [0.25, 0.3) is 0 Å². The van der Waals surface area contributed by atoms with E-state index in [9.17, 15) is 18.0 Å². The van der Waals surface area contributed by atoms with Crippen molar-refractivity contribution < 1.29 is 22.7 Å². The van der Waals surface area contributed by atoms with Gasteiger partial charge in [0.15, 0.2) is 0 Å². The number of amides is 2. The zero-order chi connectivity index (χ0) is 28.3. The van der Waals surface area contributed by atoms with Crippen molar-refractivity contribution in [1.29, 1.82) is 0 Å². The van der Waals surface area contributed by atoms with Crippen LogP contribution in [-0.2, 0) is 28.4 Å². The largest absolute Gasteiger partial charge is 0.456 e. The lowest BCUT2D eigenvalue weighted by atomic mass is 10.2. The number of hydrogen-bond acceptors (Lipinski definition) is 6. The van der Waals surface area contributed by atoms with Gasteiger partial charge in [-0.3, -0.25) is 14.3 Å². The Bertz CT molecular complexity index is 1740. The Kier molecular flexibility index (Phi) is 7.68. The van der Waals surface area contributed by atoms with Gasteiger partial charge in [-0.25, -0.2) is 0 Å². The average molecular weight is 549 g/mol. The summed E-state index contributed by atoms with van der Waals surface area (Å²) < 4.78 is 38.4. The number of ether oxygens (including phenoxy) is 1. The Morgan fingerprint density at radius 3 is 2.33 bits per heavy atom. The van der Waals surface area contributed by atoms with E-state index >= 15 is 0 Å². The molecular weight excluding hydrogens is 520 g/mol. The molecule has 0 aliphatic carbocycles. The van der Waals surface area contributed by atoms with Gasteiger partial charge in [0.25, 0.3) is 15.9 Å². The predicted octanol–water partition coefficient (Wildman–Crippen LogP) is 2.97. The number of rotatable bonds is 8. The number of anilines is 1. The van der Waals surface area contributed by atoms with Gasteiger partial charge in [-0.15, -0.1) is 4.40 Å². The number of aromatic nitrogens is 3. The zero-order valence-corrected chi connectivity index (χ0v) is 22.7. The molecule has 3 N–H and O–H groups in total. The molecule has 0 bridgehead atoms. The highest BCUT2D eigenvalue weighted by Gasteiger charge is 2.15. The van der Waals surface area contributed by atoms with Crippen molar-refractivity contribution in [1.82, 2.24) is 14.3 Å². The summed E-state index contributed by atoms with van der Waals surface area (Å²) in [6, 6.07) is 16.1. The third-order valence-electron chi connectivity index (χ3n) is 5.61. The van der Waals surface area contributed by atoms with Crippen molar-refractivity contribution in [2.45, 2.75) is 32.2 Å². The van der Waals surface area contributed by atoms with E-state index in [1.54, 1.807) is 50.4 Å². The van der Waals surface area contributed by atoms with E-state index in [1.165, 1.54) is 39.7 Å². The molecule has 4 rings (SSSR count). The van der Waals surface area contributed by atoms with Crippen LogP contribution in [0.1, 0.15) is 27.3 Å². The molecule has 0 aliphatic heterocycles. The minimum Gasteiger partial charge on any atom is -0.456 e. The highest BCUT2D eigenvalue weighted by Crippen LogP contribution is 2.26. The van der Waals surface area contributed by atoms with Crippen LogP contribution in [0.4, 0.5) is 5.69 Å². The molecule has 2 amide bonds. The predicted molar refractivity (Wildman–Crippen MR) is 145 cm³/mol. The third-order valence-corrected chi connectivity index (χ3v) is 6.91. The first-order valence-electron chi connectivity index (χ1n) is 11.9. The molecule has 0 fully saturated rings. The second-order valence-corrected chi connectivity index (χ2v) is 10.7. The maximum Gasteiger partial charge on any atom is 0.284 e. The molecular formula is C27H28N6O5S. The fourth-order valence-electron chi connectivity index (χ4n) is 3.87. The number of hydrogen-bond donors (Lipinski definition) is 2. The maximum atomic E-state index is 12.8. The maximum absolute atomic E-state index is 12.8. The SMILES string of the molecule is Cc1ccc(S(=O)(=O)N=c2ccc(Oc3cc(C)cc(NC(=O)c4cc(C)nn4C)c3)cn2CC(N)=O)cc1. The molecule has 0 unspecified atom stereocenters. The van der Waals surface area contributed by atoms with Crippen molar-refractivity contribution in [2.24, 2.45) is 17.2 Å². The first-order valence-corrected chi connectivity index (χ1v) is 13.3. The van der Waals surface area contributed by atoms with Crippen LogP contribution in [0.15, 0.2) is 76.2 Å². The molecule has 2 aromatic carbocycles. The molecule has 0 aliphatic rings. The number of nitrogens with one attached hydrogen (secondary N) is 1. The van der Waals surface area contributed by atoms with E-state index in [2.05, 4.69) is 14.8 Å². The Morgan fingerprint density at radius 1 is 0.974 bits per heavy atom. The van der Waals surface area contributed by atoms with Gasteiger partial charge in [0.05, 0.1) is 10.6 Å². The fourth-order valence-corrected chi connectivity index (χ4v) is 4.87. The number of nitrogens with two attached hydrogens (primary N) is 1. The summed E-state index contributed by atoms with van der Waals surface area (Å²) in [6.07, 6.45) is 1.44. The standard InChI is InChI=1S/C27H28N6O5S/c1-17-5-8-23(9-6-17)39(36,37)31-26-10-7-21(15-33(26)16-25(28)34)38-22-12-18(2)11-20(14-22)29-27(35)24-13-19(3)30-32(24)4/h5-15H,16H2,1-4H3,(H2,28,34)(H,29,35). The lowest BCUT2D eigenvalue weighted by Crippen LogP contribution is -2.28. The highest BCUT2D eigenvalue weighted by atomic mass is 32.2. The molecule has 2 aromatic heterocycles. The van der Waals surface area contributed by atoms with E-state index in [4.69, 9.17) is 10.5 Å². The van der Waals surface area contributed by atoms with E-state index in [0.717, 1.165) is 16.8 Å². The van der Waals surface area contributed by atoms with E-state index in [0.29, 0.717) is 22.9 Å². The van der Waals surface area contributed by atoms with E-state index in [-0.39, 0.29) is 22.8 Å². The Hall–Kier alpha value is -4.71. The number of benzene rings is 2. The topological polar surface area (TPSA) is 151 Å². The molecule has 0 atom stereocenters. The van der Waals surface area contributed by atoms with Crippen LogP contribution < -0.4 is 21.3 Å². The fraction of sp³-hybridized carbons (Fsp3) is 0.185. The van der Waals surface area contributed by atoms with Crippen LogP contribution in [0, 0.1) is 20.8 Å². The zero-order valence-electron chi connectivity index (χ0n) is 21.9. The molecule has 0 saturated carbocycles. The molecule has 0 saturated heterocycles. The van der Waals surface area contributed by atoms with Crippen LogP contribution in [0.3, 0.4) is 0 Å². The van der Waals surface area contributed by atoms with Crippen LogP contribution in [0.5, 0.6) is 11.5 Å². The third kappa shape index (κ3) is 6.79. The molecule has 202 valence electrons. The number of aryl methyl sites for hydroxylation is 4. The van der Waals surface area contributed by atoms with E-state index in [1.807, 2.05) is 13.8 Å². The molecule has 4 aromatic rings. The smallest absolute Gasteiger partial charge is 0.284 e. The minimum atomic E-state index is -4.04. The second kappa shape index (κ2) is 11.0. The monoisotopic (exact) mass is 548 g/mol. The lowest BCUT2D eigenvalue weighted by molar-refractivity contribution is -0.118. The quantitative estimate of drug-likeness (QED) is 0.346. The molecule has 2 heterocycles. The number of carbonyl (C=O) groups excluding carboxylic acids is 2. The van der Waals surface area contributed by atoms with Gasteiger partial charge < -0.3 is 20.4 Å². The van der Waals surface area contributed by atoms with Crippen LogP contribution in [0.2, 0.25) is 0 Å². The van der Waals surface area contributed by atoms with Gasteiger partial charge in [-0.05, 0) is 68.8 Å². The Balaban J connectivity index is 1.63. The van der Waals surface area contributed by atoms with Crippen LogP contribution in [-0.4, -0.2) is 34.6 Å². The Labute approximate surface area is 225 Å². The Morgan fingerprint density at radius 2 is 1.69 bits per heavy atom. The van der Waals surface area contributed by atoms with Crippen molar-refractivity contribution in [3.8, 4) is 11.5 Å². The van der Waals surface area contributed by atoms with E-state index < -0.39 is 15.9 Å². The second-order valence-electron chi connectivity index (χ2n) is 9.08. The number of nitrogens with zero attached hydrogens (tertiary/aromatic N) is 4. The van der Waals surface area contributed by atoms with Crippen molar-refractivity contribution in [3.05, 3.63) is 94.9 Å². The van der Waals surface area contributed by atoms with Crippen molar-refractivity contribution in [3.63, 3.8) is 0 Å². The van der Waals surface area contributed by atoms with Crippen LogP contribution >= 0.6 is 0 Å². The van der Waals surface area contributed by atoms with Gasteiger partial charge in [0.2, 0.25) is 5.91 Å². The number of pyridine rings is 1. The molecule has 39 heavy (non-hydrogen) atoms. The first-order chi connectivity index (χ1) is 18.4. The summed E-state index contributed by atoms with van der Waals surface area (Å²) in [4.78, 5) is 24.5. The molecule has 0 spiro atoms. The number of primary amides is 1. The molecule has 11 nitrogen and oxygen atoms in total. The summed E-state index contributed by atoms with van der Waals surface area (Å²) in [5.74, 6) is -0.302. The number of sulfonamides is 1. The van der Waals surface area contributed by atoms with Gasteiger partial charge >= 0.3 is 0 Å². The first kappa shape index (κ1) is 27.3. The lowest BCUT2D eigenvalue weighted by Gasteiger charge is -2.13. The molecule has 0 radical (unpaired) electrons. The van der Waals surface area contributed by atoms with Gasteiger partial charge in [-0.2, -0.15) is 13.5 Å². The normalized spacial score (nSPS) is 11.8. The van der Waals surface area contributed by atoms with Gasteiger partial charge in [-0.1, -0.05) is 17.7 Å². The summed E-state index contributed by atoms with van der Waals surface area (Å²) >= 11 is 0. The van der Waals surface area contributed by atoms with Crippen molar-refractivity contribution >= 4 is 27.5 Å². The van der Waals surface area contributed by atoms with Crippen molar-refractivity contribution in [2.75, 3.05) is 5.32 Å². The van der Waals surface area contributed by atoms with Gasteiger partial charge in [0, 0.05) is 25.0 Å². The summed E-state index contributed by atoms with van der Waals surface area (Å²) in [6.45, 7) is 5.18. The number of carbonyl (C=O) groups is 2. The minimum absolute atomic E-state index is 0.00499. The summed E-state index contributed by atoms with van der Waals surface area (Å²) in [5, 5.41) is 7.04. The highest BCUT2D eigenvalue weighted by molar-refractivity contribution is 7.90. The summed E-state index contributed by atoms with van der Waals surface area (Å²) in [5.41, 5.74) is 8.77. The van der Waals surface area contributed by atoms with Gasteiger partial charge in [0.1, 0.15) is 29.2 Å². The average Bonchev–Trinajstić information content (AvgIpc) is 3.18. The summed E-state index contributed by atoms with van der Waals surface area (Å²) in [7, 11) is -2.35. The molecule has 12 heteroatoms.